The summed E-state index contributed by atoms with van der Waals surface area (Å²) in [6, 6.07) is 6.82. The van der Waals surface area contributed by atoms with Crippen molar-refractivity contribution in [2.24, 2.45) is 17.8 Å². The number of hydrogen-bond donors (Lipinski definition) is 1. The molecule has 1 N–H and O–H groups in total. The molecule has 3 aliphatic carbocycles. The van der Waals surface area contributed by atoms with Crippen molar-refractivity contribution in [3.8, 4) is 5.75 Å². The molecule has 4 atom stereocenters. The van der Waals surface area contributed by atoms with Gasteiger partial charge in [0.05, 0.1) is 11.8 Å². The molecular weight excluding hydrogens is 418 g/mol. The number of ketones is 2. The molecule has 2 amide bonds. The molecule has 0 radical (unpaired) electrons. The fraction of sp³-hybridized carbons (Fsp3) is 0.407. The smallest absolute Gasteiger partial charge is 0.234 e. The third-order valence-electron chi connectivity index (χ3n) is 7.48. The van der Waals surface area contributed by atoms with E-state index in [0.717, 1.165) is 5.57 Å². The van der Waals surface area contributed by atoms with E-state index in [1.54, 1.807) is 31.2 Å². The lowest BCUT2D eigenvalue weighted by atomic mass is 9.59. The van der Waals surface area contributed by atoms with Crippen molar-refractivity contribution < 1.29 is 24.3 Å². The number of likely N-dealkylation sites (tertiary alicyclic amines) is 1. The third kappa shape index (κ3) is 3.00. The van der Waals surface area contributed by atoms with Crippen LogP contribution in [0.5, 0.6) is 5.75 Å². The molecule has 6 nitrogen and oxygen atoms in total. The van der Waals surface area contributed by atoms with Crippen molar-refractivity contribution in [1.29, 1.82) is 0 Å². The van der Waals surface area contributed by atoms with E-state index in [-0.39, 0.29) is 41.5 Å². The molecule has 0 aromatic heterocycles. The number of carbonyl (C=O) groups excluding carboxylic acids is 4. The molecule has 0 spiro atoms. The fourth-order valence-corrected chi connectivity index (χ4v) is 6.11. The molecule has 1 saturated heterocycles. The Labute approximate surface area is 192 Å². The first-order valence-electron chi connectivity index (χ1n) is 11.4. The van der Waals surface area contributed by atoms with Crippen LogP contribution in [0.2, 0.25) is 0 Å². The highest BCUT2D eigenvalue weighted by atomic mass is 16.3. The molecule has 5 rings (SSSR count). The second-order valence-corrected chi connectivity index (χ2v) is 10.5. The standard InChI is InChI=1S/C27H27NO5/c1-13-11-20(30)18-12-17-14(21(23(18)24(13)31)15-7-5-6-8-19(15)29)9-10-16-22(17)26(33)28(25(16)32)27(2,3)4/h5-9,11,16-17,21-22,29H,10,12H2,1-4H3. The first-order valence-corrected chi connectivity index (χ1v) is 11.4. The van der Waals surface area contributed by atoms with E-state index >= 15 is 0 Å². The average Bonchev–Trinajstić information content (AvgIpc) is 3.01. The molecular formula is C27H27NO5. The summed E-state index contributed by atoms with van der Waals surface area (Å²) in [6.45, 7) is 7.16. The van der Waals surface area contributed by atoms with Gasteiger partial charge in [-0.1, -0.05) is 29.8 Å². The number of nitrogens with zero attached hydrogens (tertiary/aromatic N) is 1. The van der Waals surface area contributed by atoms with Crippen LogP contribution in [0.15, 0.2) is 58.7 Å². The van der Waals surface area contributed by atoms with Crippen LogP contribution in [-0.4, -0.2) is 38.9 Å². The number of phenols is 1. The number of para-hydroxylation sites is 1. The largest absolute Gasteiger partial charge is 0.508 e. The summed E-state index contributed by atoms with van der Waals surface area (Å²) >= 11 is 0. The minimum atomic E-state index is -0.641. The molecule has 1 heterocycles. The average molecular weight is 446 g/mol. The van der Waals surface area contributed by atoms with Crippen LogP contribution in [0.25, 0.3) is 0 Å². The van der Waals surface area contributed by atoms with E-state index < -0.39 is 23.3 Å². The van der Waals surface area contributed by atoms with Gasteiger partial charge in [0.1, 0.15) is 5.75 Å². The van der Waals surface area contributed by atoms with Crippen LogP contribution in [0.1, 0.15) is 52.0 Å². The van der Waals surface area contributed by atoms with Crippen molar-refractivity contribution in [2.45, 2.75) is 52.0 Å². The number of phenolic OH excluding ortho intramolecular Hbond substituents is 1. The van der Waals surface area contributed by atoms with Gasteiger partial charge in [0, 0.05) is 33.7 Å². The zero-order chi connectivity index (χ0) is 23.8. The molecule has 1 aromatic carbocycles. The summed E-state index contributed by atoms with van der Waals surface area (Å²) in [7, 11) is 0. The number of Topliss-reactive ketones (excluding diaryl/α,β-unsaturated/α-hetero) is 1. The van der Waals surface area contributed by atoms with Crippen molar-refractivity contribution in [1.82, 2.24) is 4.90 Å². The summed E-state index contributed by atoms with van der Waals surface area (Å²) in [5, 5.41) is 10.7. The molecule has 4 aliphatic rings. The number of hydrogen-bond acceptors (Lipinski definition) is 5. The molecule has 1 aromatic rings. The van der Waals surface area contributed by atoms with E-state index in [9.17, 15) is 24.3 Å². The Balaban J connectivity index is 1.70. The highest BCUT2D eigenvalue weighted by Gasteiger charge is 2.58. The fourth-order valence-electron chi connectivity index (χ4n) is 6.11. The van der Waals surface area contributed by atoms with Gasteiger partial charge in [-0.3, -0.25) is 24.1 Å². The minimum Gasteiger partial charge on any atom is -0.508 e. The second kappa shape index (κ2) is 7.11. The number of allylic oxidation sites excluding steroid dienone is 6. The zero-order valence-electron chi connectivity index (χ0n) is 19.2. The maximum absolute atomic E-state index is 13.6. The number of amides is 2. The lowest BCUT2D eigenvalue weighted by molar-refractivity contribution is -0.145. The van der Waals surface area contributed by atoms with Crippen LogP contribution >= 0.6 is 0 Å². The zero-order valence-corrected chi connectivity index (χ0v) is 19.2. The summed E-state index contributed by atoms with van der Waals surface area (Å²) < 4.78 is 0. The van der Waals surface area contributed by atoms with Crippen LogP contribution < -0.4 is 0 Å². The van der Waals surface area contributed by atoms with Gasteiger partial charge in [0.2, 0.25) is 11.8 Å². The van der Waals surface area contributed by atoms with Gasteiger partial charge >= 0.3 is 0 Å². The molecule has 0 saturated carbocycles. The summed E-state index contributed by atoms with van der Waals surface area (Å²) in [4.78, 5) is 54.5. The van der Waals surface area contributed by atoms with Gasteiger partial charge in [0.25, 0.3) is 0 Å². The van der Waals surface area contributed by atoms with E-state index in [4.69, 9.17) is 0 Å². The normalized spacial score (nSPS) is 29.5. The predicted octanol–water partition coefficient (Wildman–Crippen LogP) is 3.62. The maximum Gasteiger partial charge on any atom is 0.234 e. The number of imide groups is 1. The van der Waals surface area contributed by atoms with Gasteiger partial charge in [-0.15, -0.1) is 0 Å². The Kier molecular flexibility index (Phi) is 4.64. The van der Waals surface area contributed by atoms with E-state index in [0.29, 0.717) is 28.7 Å². The summed E-state index contributed by atoms with van der Waals surface area (Å²) in [6.07, 6.45) is 3.98. The molecule has 6 heteroatoms. The van der Waals surface area contributed by atoms with Gasteiger partial charge in [-0.25, -0.2) is 0 Å². The highest BCUT2D eigenvalue weighted by molar-refractivity contribution is 6.24. The molecule has 1 aliphatic heterocycles. The van der Waals surface area contributed by atoms with Crippen molar-refractivity contribution in [2.75, 3.05) is 0 Å². The molecule has 1 fully saturated rings. The topological polar surface area (TPSA) is 91.8 Å². The van der Waals surface area contributed by atoms with Crippen LogP contribution in [0.4, 0.5) is 0 Å². The van der Waals surface area contributed by atoms with Crippen LogP contribution in [-0.2, 0) is 19.2 Å². The molecule has 33 heavy (non-hydrogen) atoms. The van der Waals surface area contributed by atoms with Gasteiger partial charge in [-0.2, -0.15) is 0 Å². The summed E-state index contributed by atoms with van der Waals surface area (Å²) in [5.74, 6) is -2.82. The van der Waals surface area contributed by atoms with E-state index in [1.165, 1.54) is 11.0 Å². The number of fused-ring (bicyclic) bond motifs is 3. The Bertz CT molecular complexity index is 1230. The third-order valence-corrected chi connectivity index (χ3v) is 7.48. The van der Waals surface area contributed by atoms with Gasteiger partial charge in [-0.05, 0) is 58.6 Å². The number of carbonyl (C=O) groups is 4. The Hall–Kier alpha value is -3.28. The quantitative estimate of drug-likeness (QED) is 0.405. The van der Waals surface area contributed by atoms with E-state index in [1.807, 2.05) is 26.8 Å². The lowest BCUT2D eigenvalue weighted by Crippen LogP contribution is -2.46. The number of benzene rings is 1. The van der Waals surface area contributed by atoms with E-state index in [2.05, 4.69) is 0 Å². The van der Waals surface area contributed by atoms with Crippen molar-refractivity contribution >= 4 is 23.4 Å². The first kappa shape index (κ1) is 21.6. The van der Waals surface area contributed by atoms with Crippen LogP contribution in [0, 0.1) is 17.8 Å². The predicted molar refractivity (Wildman–Crippen MR) is 121 cm³/mol. The Morgan fingerprint density at radius 1 is 1.00 bits per heavy atom. The molecule has 170 valence electrons. The Morgan fingerprint density at radius 2 is 1.70 bits per heavy atom. The van der Waals surface area contributed by atoms with Crippen molar-refractivity contribution in [3.63, 3.8) is 0 Å². The van der Waals surface area contributed by atoms with Crippen molar-refractivity contribution in [3.05, 3.63) is 64.3 Å². The highest BCUT2D eigenvalue weighted by Crippen LogP contribution is 2.56. The van der Waals surface area contributed by atoms with Gasteiger partial charge in [0.15, 0.2) is 11.6 Å². The maximum atomic E-state index is 13.6. The first-order chi connectivity index (χ1) is 15.5. The number of rotatable bonds is 1. The lowest BCUT2D eigenvalue weighted by Gasteiger charge is -2.42. The molecule has 0 bridgehead atoms. The monoisotopic (exact) mass is 445 g/mol. The SMILES string of the molecule is CC1=CC(=O)C2=C(C1=O)C(c1ccccc1O)C1=CCC3C(=O)N(C(C)(C)C)C(=O)C3C1C2. The Morgan fingerprint density at radius 3 is 2.36 bits per heavy atom. The van der Waals surface area contributed by atoms with Crippen LogP contribution in [0.3, 0.4) is 0 Å². The molecule has 4 unspecified atom stereocenters. The minimum absolute atomic E-state index is 0.0376. The summed E-state index contributed by atoms with van der Waals surface area (Å²) in [5.41, 5.74) is 1.92. The number of aromatic hydroxyl groups is 1. The van der Waals surface area contributed by atoms with Gasteiger partial charge < -0.3 is 5.11 Å². The second-order valence-electron chi connectivity index (χ2n) is 10.5.